The smallest absolute Gasteiger partial charge is 0.231 e. The van der Waals surface area contributed by atoms with E-state index in [1.807, 2.05) is 20.8 Å². The van der Waals surface area contributed by atoms with E-state index < -0.39 is 5.92 Å². The maximum absolute atomic E-state index is 12.0. The van der Waals surface area contributed by atoms with Crippen molar-refractivity contribution in [1.82, 2.24) is 10.3 Å². The fourth-order valence-electron chi connectivity index (χ4n) is 1.61. The Labute approximate surface area is 110 Å². The molecule has 1 unspecified atom stereocenters. The zero-order valence-corrected chi connectivity index (χ0v) is 11.5. The molecule has 0 spiro atoms. The molecule has 0 fully saturated rings. The van der Waals surface area contributed by atoms with Crippen molar-refractivity contribution in [3.05, 3.63) is 16.1 Å². The molecule has 1 aromatic rings. The summed E-state index contributed by atoms with van der Waals surface area (Å²) in [6, 6.07) is 0. The Morgan fingerprint density at radius 1 is 1.67 bits per heavy atom. The first-order valence-corrected chi connectivity index (χ1v) is 6.43. The molecule has 0 bridgehead atoms. The van der Waals surface area contributed by atoms with Gasteiger partial charge in [-0.15, -0.1) is 11.3 Å². The Kier molecular flexibility index (Phi) is 5.08. The molecule has 18 heavy (non-hydrogen) atoms. The normalized spacial score (nSPS) is 13.7. The predicted molar refractivity (Wildman–Crippen MR) is 70.4 cm³/mol. The average molecular weight is 270 g/mol. The van der Waals surface area contributed by atoms with E-state index in [4.69, 9.17) is 10.9 Å². The number of nitrogens with one attached hydrogen (secondary N) is 1. The SMILES string of the molecule is Cc1ncc(CNC(=O)C(C(N)=NO)C(C)C)s1. The number of hydrogen-bond acceptors (Lipinski definition) is 5. The molecule has 1 rings (SSSR count). The number of carbonyl (C=O) groups is 1. The van der Waals surface area contributed by atoms with Gasteiger partial charge in [0.1, 0.15) is 5.92 Å². The van der Waals surface area contributed by atoms with Crippen LogP contribution in [0.2, 0.25) is 0 Å². The van der Waals surface area contributed by atoms with Crippen LogP contribution in [0.5, 0.6) is 0 Å². The van der Waals surface area contributed by atoms with Gasteiger partial charge >= 0.3 is 0 Å². The van der Waals surface area contributed by atoms with E-state index >= 15 is 0 Å². The second kappa shape index (κ2) is 6.34. The summed E-state index contributed by atoms with van der Waals surface area (Å²) < 4.78 is 0. The maximum Gasteiger partial charge on any atom is 0.231 e. The van der Waals surface area contributed by atoms with E-state index in [9.17, 15) is 4.79 Å². The summed E-state index contributed by atoms with van der Waals surface area (Å²) in [6.07, 6.45) is 1.73. The summed E-state index contributed by atoms with van der Waals surface area (Å²) in [6.45, 7) is 6.01. The third kappa shape index (κ3) is 3.69. The molecule has 0 radical (unpaired) electrons. The quantitative estimate of drug-likeness (QED) is 0.322. The molecule has 6 nitrogen and oxygen atoms in total. The van der Waals surface area contributed by atoms with Crippen LogP contribution in [0.15, 0.2) is 11.4 Å². The van der Waals surface area contributed by atoms with Crippen molar-refractivity contribution in [2.75, 3.05) is 0 Å². The first-order chi connectivity index (χ1) is 8.45. The van der Waals surface area contributed by atoms with Gasteiger partial charge in [0.25, 0.3) is 0 Å². The number of rotatable bonds is 5. The fourth-order valence-corrected chi connectivity index (χ4v) is 2.35. The van der Waals surface area contributed by atoms with E-state index in [2.05, 4.69) is 15.5 Å². The Morgan fingerprint density at radius 2 is 2.33 bits per heavy atom. The van der Waals surface area contributed by atoms with Crippen LogP contribution in [0.25, 0.3) is 0 Å². The molecule has 1 amide bonds. The molecule has 1 aromatic heterocycles. The summed E-state index contributed by atoms with van der Waals surface area (Å²) in [5.74, 6) is -0.970. The van der Waals surface area contributed by atoms with E-state index in [1.165, 1.54) is 11.3 Å². The van der Waals surface area contributed by atoms with Gasteiger partial charge in [0, 0.05) is 11.1 Å². The first-order valence-electron chi connectivity index (χ1n) is 5.62. The highest BCUT2D eigenvalue weighted by molar-refractivity contribution is 7.11. The standard InChI is InChI=1S/C11H18N4O2S/c1-6(2)9(10(12)15-17)11(16)14-5-8-4-13-7(3)18-8/h4,6,9,17H,5H2,1-3H3,(H2,12,15)(H,14,16). The average Bonchev–Trinajstić information content (AvgIpc) is 2.72. The molecule has 0 aromatic carbocycles. The fraction of sp³-hybridized carbons (Fsp3) is 0.545. The largest absolute Gasteiger partial charge is 0.409 e. The summed E-state index contributed by atoms with van der Waals surface area (Å²) >= 11 is 1.53. The number of nitrogens with zero attached hydrogens (tertiary/aromatic N) is 2. The van der Waals surface area contributed by atoms with Gasteiger partial charge in [-0.3, -0.25) is 4.79 Å². The van der Waals surface area contributed by atoms with Crippen LogP contribution < -0.4 is 11.1 Å². The highest BCUT2D eigenvalue weighted by Crippen LogP contribution is 2.14. The lowest BCUT2D eigenvalue weighted by atomic mass is 9.94. The lowest BCUT2D eigenvalue weighted by Crippen LogP contribution is -2.41. The molecule has 0 saturated heterocycles. The number of oxime groups is 1. The number of carbonyl (C=O) groups excluding carboxylic acids is 1. The lowest BCUT2D eigenvalue weighted by Gasteiger charge is -2.18. The topological polar surface area (TPSA) is 101 Å². The number of aryl methyl sites for hydroxylation is 1. The Bertz CT molecular complexity index is 442. The lowest BCUT2D eigenvalue weighted by molar-refractivity contribution is -0.124. The third-order valence-corrected chi connectivity index (χ3v) is 3.40. The van der Waals surface area contributed by atoms with Crippen LogP contribution in [0.4, 0.5) is 0 Å². The second-order valence-electron chi connectivity index (χ2n) is 4.31. The van der Waals surface area contributed by atoms with Gasteiger partial charge < -0.3 is 16.3 Å². The highest BCUT2D eigenvalue weighted by atomic mass is 32.1. The van der Waals surface area contributed by atoms with Crippen LogP contribution in [-0.2, 0) is 11.3 Å². The van der Waals surface area contributed by atoms with Crippen molar-refractivity contribution in [3.63, 3.8) is 0 Å². The molecule has 1 atom stereocenters. The maximum atomic E-state index is 12.0. The van der Waals surface area contributed by atoms with Gasteiger partial charge in [0.15, 0.2) is 5.84 Å². The van der Waals surface area contributed by atoms with Crippen molar-refractivity contribution >= 4 is 23.1 Å². The predicted octanol–water partition coefficient (Wildman–Crippen LogP) is 1.09. The van der Waals surface area contributed by atoms with Crippen LogP contribution >= 0.6 is 11.3 Å². The van der Waals surface area contributed by atoms with Crippen molar-refractivity contribution < 1.29 is 10.0 Å². The second-order valence-corrected chi connectivity index (χ2v) is 5.63. The van der Waals surface area contributed by atoms with Crippen molar-refractivity contribution in [3.8, 4) is 0 Å². The van der Waals surface area contributed by atoms with Crippen molar-refractivity contribution in [1.29, 1.82) is 0 Å². The number of aromatic nitrogens is 1. The molecule has 7 heteroatoms. The van der Waals surface area contributed by atoms with Crippen LogP contribution in [0.1, 0.15) is 23.7 Å². The minimum Gasteiger partial charge on any atom is -0.409 e. The van der Waals surface area contributed by atoms with Gasteiger partial charge in [-0.2, -0.15) is 0 Å². The summed E-state index contributed by atoms with van der Waals surface area (Å²) in [5.41, 5.74) is 5.52. The molecule has 0 aliphatic rings. The minimum atomic E-state index is -0.621. The molecule has 100 valence electrons. The van der Waals surface area contributed by atoms with Gasteiger partial charge in [-0.05, 0) is 12.8 Å². The van der Waals surface area contributed by atoms with Crippen LogP contribution in [-0.4, -0.2) is 21.9 Å². The molecule has 1 heterocycles. The molecular formula is C11H18N4O2S. The molecule has 0 saturated carbocycles. The zero-order chi connectivity index (χ0) is 13.7. The summed E-state index contributed by atoms with van der Waals surface area (Å²) in [4.78, 5) is 17.0. The monoisotopic (exact) mass is 270 g/mol. The van der Waals surface area contributed by atoms with Crippen molar-refractivity contribution in [2.24, 2.45) is 22.7 Å². The molecule has 4 N–H and O–H groups in total. The van der Waals surface area contributed by atoms with Gasteiger partial charge in [0.05, 0.1) is 11.6 Å². The Hall–Kier alpha value is -1.63. The van der Waals surface area contributed by atoms with Gasteiger partial charge in [0.2, 0.25) is 5.91 Å². The Balaban J connectivity index is 2.62. The van der Waals surface area contributed by atoms with E-state index in [-0.39, 0.29) is 17.7 Å². The number of hydrogen-bond donors (Lipinski definition) is 3. The first kappa shape index (κ1) is 14.4. The zero-order valence-electron chi connectivity index (χ0n) is 10.7. The van der Waals surface area contributed by atoms with Gasteiger partial charge in [-0.1, -0.05) is 19.0 Å². The highest BCUT2D eigenvalue weighted by Gasteiger charge is 2.26. The summed E-state index contributed by atoms with van der Waals surface area (Å²) in [5, 5.41) is 15.3. The third-order valence-electron chi connectivity index (χ3n) is 2.49. The van der Waals surface area contributed by atoms with E-state index in [0.717, 1.165) is 9.88 Å². The van der Waals surface area contributed by atoms with E-state index in [1.54, 1.807) is 6.20 Å². The van der Waals surface area contributed by atoms with Crippen molar-refractivity contribution in [2.45, 2.75) is 27.3 Å². The number of amides is 1. The Morgan fingerprint density at radius 3 is 2.78 bits per heavy atom. The van der Waals surface area contributed by atoms with Crippen LogP contribution in [0.3, 0.4) is 0 Å². The number of amidine groups is 1. The number of thiazole rings is 1. The number of nitrogens with two attached hydrogens (primary N) is 1. The molecule has 0 aliphatic heterocycles. The minimum absolute atomic E-state index is 0.0379. The molecule has 0 aliphatic carbocycles. The van der Waals surface area contributed by atoms with Crippen LogP contribution in [0, 0.1) is 18.8 Å². The van der Waals surface area contributed by atoms with E-state index in [0.29, 0.717) is 6.54 Å². The molecular weight excluding hydrogens is 252 g/mol. The van der Waals surface area contributed by atoms with Gasteiger partial charge in [-0.25, -0.2) is 4.98 Å². The summed E-state index contributed by atoms with van der Waals surface area (Å²) in [7, 11) is 0.